The molecule has 24 heavy (non-hydrogen) atoms. The molecule has 2 aromatic carbocycles. The Kier molecular flexibility index (Phi) is 5.26. The zero-order valence-electron chi connectivity index (χ0n) is 14.2. The van der Waals surface area contributed by atoms with Crippen molar-refractivity contribution in [2.75, 3.05) is 0 Å². The molecule has 112 valence electrons. The molecular weight excluding hydrogens is 299 g/mol. The molecule has 0 saturated heterocycles. The second-order valence-electron chi connectivity index (χ2n) is 6.13. The molecule has 0 radical (unpaired) electrons. The first-order valence-electron chi connectivity index (χ1n) is 8.26. The summed E-state index contributed by atoms with van der Waals surface area (Å²) in [6.45, 7) is 0. The first-order chi connectivity index (χ1) is 11.4. The summed E-state index contributed by atoms with van der Waals surface area (Å²) in [6.07, 6.45) is 15.9. The molecule has 0 N–H and O–H groups in total. The van der Waals surface area contributed by atoms with Gasteiger partial charge in [0.2, 0.25) is 0 Å². The van der Waals surface area contributed by atoms with Crippen molar-refractivity contribution in [1.29, 1.82) is 0 Å². The second-order valence-corrected chi connectivity index (χ2v) is 10.1. The largest absolute Gasteiger partial charge is 1.00 e. The minimum atomic E-state index is -2.08. The van der Waals surface area contributed by atoms with E-state index in [4.69, 9.17) is 0 Å². The van der Waals surface area contributed by atoms with Crippen LogP contribution in [-0.4, -0.2) is 8.07 Å². The van der Waals surface area contributed by atoms with E-state index >= 15 is 0 Å². The van der Waals surface area contributed by atoms with Crippen LogP contribution in [0.15, 0.2) is 108 Å². The SMILES string of the molecule is C1=CCC([Si](C2=CC=CC2)(c2ccccc2)c2ccccc2)=C1.[Li+]. The van der Waals surface area contributed by atoms with Crippen LogP contribution in [0.4, 0.5) is 0 Å². The smallest absolute Gasteiger partial charge is 0.0808 e. The molecule has 0 bridgehead atoms. The topological polar surface area (TPSA) is 0 Å². The van der Waals surface area contributed by atoms with Crippen LogP contribution >= 0.6 is 0 Å². The van der Waals surface area contributed by atoms with Crippen LogP contribution in [0.25, 0.3) is 0 Å². The monoisotopic (exact) mass is 319 g/mol. The number of benzene rings is 2. The van der Waals surface area contributed by atoms with E-state index in [9.17, 15) is 0 Å². The molecule has 0 aromatic heterocycles. The number of hydrogen-bond acceptors (Lipinski definition) is 0. The molecule has 0 nitrogen and oxygen atoms in total. The van der Waals surface area contributed by atoms with Gasteiger partial charge in [0.15, 0.2) is 8.07 Å². The van der Waals surface area contributed by atoms with E-state index < -0.39 is 8.07 Å². The molecule has 2 aliphatic rings. The summed E-state index contributed by atoms with van der Waals surface area (Å²) in [6, 6.07) is 22.3. The predicted molar refractivity (Wildman–Crippen MR) is 102 cm³/mol. The van der Waals surface area contributed by atoms with E-state index in [0.29, 0.717) is 0 Å². The molecule has 0 fully saturated rings. The van der Waals surface area contributed by atoms with Crippen LogP contribution in [0.5, 0.6) is 0 Å². The zero-order valence-corrected chi connectivity index (χ0v) is 15.2. The van der Waals surface area contributed by atoms with Gasteiger partial charge in [-0.1, -0.05) is 108 Å². The van der Waals surface area contributed by atoms with Crippen LogP contribution in [0.1, 0.15) is 12.8 Å². The van der Waals surface area contributed by atoms with E-state index in [1.165, 1.54) is 10.4 Å². The molecule has 0 unspecified atom stereocenters. The normalized spacial score (nSPS) is 15.8. The van der Waals surface area contributed by atoms with Crippen molar-refractivity contribution < 1.29 is 18.9 Å². The van der Waals surface area contributed by atoms with Gasteiger partial charge in [0.25, 0.3) is 0 Å². The summed E-state index contributed by atoms with van der Waals surface area (Å²) in [5.74, 6) is 0. The Morgan fingerprint density at radius 1 is 0.583 bits per heavy atom. The molecule has 2 heteroatoms. The minimum Gasteiger partial charge on any atom is -0.0808 e. The molecule has 0 spiro atoms. The molecule has 0 amide bonds. The van der Waals surface area contributed by atoms with Gasteiger partial charge in [-0.25, -0.2) is 0 Å². The molecule has 2 aliphatic carbocycles. The third-order valence-corrected chi connectivity index (χ3v) is 9.99. The summed E-state index contributed by atoms with van der Waals surface area (Å²) in [7, 11) is -2.08. The summed E-state index contributed by atoms with van der Waals surface area (Å²) in [5, 5.41) is 6.20. The molecule has 2 aromatic rings. The first-order valence-corrected chi connectivity index (χ1v) is 10.3. The number of allylic oxidation sites excluding steroid dienone is 8. The van der Waals surface area contributed by atoms with Gasteiger partial charge in [-0.15, -0.1) is 0 Å². The molecular formula is C22H20LiSi+. The summed E-state index contributed by atoms with van der Waals surface area (Å²) >= 11 is 0. The van der Waals surface area contributed by atoms with Crippen molar-refractivity contribution in [3.05, 3.63) is 108 Å². The Balaban J connectivity index is 0.00000169. The average molecular weight is 319 g/mol. The van der Waals surface area contributed by atoms with Crippen molar-refractivity contribution in [2.24, 2.45) is 0 Å². The molecule has 0 aliphatic heterocycles. The van der Waals surface area contributed by atoms with Crippen LogP contribution in [0, 0.1) is 0 Å². The van der Waals surface area contributed by atoms with Crippen LogP contribution < -0.4 is 29.2 Å². The van der Waals surface area contributed by atoms with Gasteiger partial charge in [0, 0.05) is 0 Å². The van der Waals surface area contributed by atoms with Gasteiger partial charge in [-0.3, -0.25) is 0 Å². The van der Waals surface area contributed by atoms with Gasteiger partial charge < -0.3 is 0 Å². The summed E-state index contributed by atoms with van der Waals surface area (Å²) in [4.78, 5) is 0. The standard InChI is InChI=1S/C22H20Si.Li/c1-3-11-19(12-4-1)23(21-15-7-8-16-21,22-17-9-10-18-22)20-13-5-2-6-14-20;/h1-15,17H,16,18H2;/q;+1. The van der Waals surface area contributed by atoms with E-state index in [1.54, 1.807) is 10.4 Å². The van der Waals surface area contributed by atoms with Crippen LogP contribution in [-0.2, 0) is 0 Å². The quantitative estimate of drug-likeness (QED) is 0.741. The fourth-order valence-electron chi connectivity index (χ4n) is 3.94. The van der Waals surface area contributed by atoms with Gasteiger partial charge >= 0.3 is 18.9 Å². The Bertz CT molecular complexity index is 742. The van der Waals surface area contributed by atoms with E-state index in [1.807, 2.05) is 0 Å². The van der Waals surface area contributed by atoms with Gasteiger partial charge in [0.05, 0.1) is 0 Å². The number of rotatable bonds is 4. The van der Waals surface area contributed by atoms with Crippen molar-refractivity contribution >= 4 is 18.4 Å². The fourth-order valence-corrected chi connectivity index (χ4v) is 9.10. The third kappa shape index (κ3) is 2.74. The Morgan fingerprint density at radius 2 is 1.00 bits per heavy atom. The van der Waals surface area contributed by atoms with Gasteiger partial charge in [-0.05, 0) is 23.2 Å². The van der Waals surface area contributed by atoms with Crippen molar-refractivity contribution in [2.45, 2.75) is 12.8 Å². The molecule has 0 atom stereocenters. The van der Waals surface area contributed by atoms with Crippen molar-refractivity contribution in [1.82, 2.24) is 0 Å². The van der Waals surface area contributed by atoms with Crippen molar-refractivity contribution in [3.8, 4) is 0 Å². The maximum absolute atomic E-state index is 2.37. The maximum atomic E-state index is 2.37. The average Bonchev–Trinajstić information content (AvgIpc) is 3.32. The Morgan fingerprint density at radius 3 is 1.33 bits per heavy atom. The van der Waals surface area contributed by atoms with E-state index in [2.05, 4.69) is 97.1 Å². The summed E-state index contributed by atoms with van der Waals surface area (Å²) < 4.78 is 0. The van der Waals surface area contributed by atoms with E-state index in [0.717, 1.165) is 12.8 Å². The molecule has 0 saturated carbocycles. The summed E-state index contributed by atoms with van der Waals surface area (Å²) in [5.41, 5.74) is 0. The van der Waals surface area contributed by atoms with Crippen LogP contribution in [0.2, 0.25) is 0 Å². The van der Waals surface area contributed by atoms with Gasteiger partial charge in [0.1, 0.15) is 0 Å². The first kappa shape index (κ1) is 17.1. The molecule has 4 rings (SSSR count). The van der Waals surface area contributed by atoms with E-state index in [-0.39, 0.29) is 18.9 Å². The predicted octanol–water partition coefficient (Wildman–Crippen LogP) is 1.10. The Labute approximate surface area is 157 Å². The molecule has 0 heterocycles. The zero-order chi connectivity index (χ0) is 15.5. The van der Waals surface area contributed by atoms with Crippen LogP contribution in [0.3, 0.4) is 0 Å². The maximum Gasteiger partial charge on any atom is 1.00 e. The fraction of sp³-hybridized carbons (Fsp3) is 0.0909. The second kappa shape index (κ2) is 7.41. The van der Waals surface area contributed by atoms with Crippen molar-refractivity contribution in [3.63, 3.8) is 0 Å². The Hall–Kier alpha value is -1.79. The minimum absolute atomic E-state index is 0. The van der Waals surface area contributed by atoms with Gasteiger partial charge in [-0.2, -0.15) is 0 Å². The number of hydrogen-bond donors (Lipinski definition) is 0. The third-order valence-electron chi connectivity index (χ3n) is 4.92.